The van der Waals surface area contributed by atoms with E-state index < -0.39 is 35.0 Å². The molecule has 0 fully saturated rings. The number of para-hydroxylation sites is 1. The maximum absolute atomic E-state index is 13.7. The van der Waals surface area contributed by atoms with E-state index in [0.717, 1.165) is 18.2 Å². The molecule has 0 aliphatic rings. The van der Waals surface area contributed by atoms with Crippen LogP contribution in [0.4, 0.5) is 22.0 Å². The van der Waals surface area contributed by atoms with E-state index >= 15 is 0 Å². The first kappa shape index (κ1) is 19.1. The second kappa shape index (κ2) is 7.51. The molecule has 0 radical (unpaired) electrons. The fourth-order valence-corrected chi connectivity index (χ4v) is 3.20. The van der Waals surface area contributed by atoms with Gasteiger partial charge in [-0.15, -0.1) is 0 Å². The van der Waals surface area contributed by atoms with Crippen LogP contribution in [0.15, 0.2) is 42.5 Å². The van der Waals surface area contributed by atoms with E-state index in [2.05, 4.69) is 4.37 Å². The largest absolute Gasteiger partial charge is 0.497 e. The van der Waals surface area contributed by atoms with Crippen molar-refractivity contribution >= 4 is 11.5 Å². The highest BCUT2D eigenvalue weighted by molar-refractivity contribution is 7.06. The molecule has 0 atom stereocenters. The Kier molecular flexibility index (Phi) is 5.31. The minimum atomic E-state index is -4.68. The minimum Gasteiger partial charge on any atom is -0.497 e. The molecule has 0 N–H and O–H groups in total. The number of hydrogen-bond donors (Lipinski definition) is 0. The van der Waals surface area contributed by atoms with Crippen molar-refractivity contribution < 1.29 is 31.4 Å². The predicted molar refractivity (Wildman–Crippen MR) is 89.8 cm³/mol. The monoisotopic (exact) mass is 401 g/mol. The van der Waals surface area contributed by atoms with E-state index in [-0.39, 0.29) is 22.8 Å². The van der Waals surface area contributed by atoms with Gasteiger partial charge >= 0.3 is 6.18 Å². The van der Waals surface area contributed by atoms with Gasteiger partial charge < -0.3 is 9.47 Å². The molecular weight excluding hydrogens is 389 g/mol. The third-order valence-electron chi connectivity index (χ3n) is 3.67. The molecule has 1 aromatic heterocycles. The summed E-state index contributed by atoms with van der Waals surface area (Å²) in [7, 11) is 1.42. The maximum atomic E-state index is 13.7. The normalized spacial score (nSPS) is 11.5. The summed E-state index contributed by atoms with van der Waals surface area (Å²) in [5.74, 6) is -2.32. The Morgan fingerprint density at radius 2 is 1.70 bits per heavy atom. The fraction of sp³-hybridized carbons (Fsp3) is 0.167. The Labute approximate surface area is 155 Å². The first-order chi connectivity index (χ1) is 12.8. The van der Waals surface area contributed by atoms with Crippen LogP contribution in [0.5, 0.6) is 11.5 Å². The molecule has 0 saturated heterocycles. The van der Waals surface area contributed by atoms with Crippen LogP contribution < -0.4 is 9.47 Å². The summed E-state index contributed by atoms with van der Waals surface area (Å²) in [6.45, 7) is -0.699. The van der Waals surface area contributed by atoms with E-state index in [1.165, 1.54) is 13.2 Å². The Morgan fingerprint density at radius 3 is 2.33 bits per heavy atom. The number of aromatic nitrogens is 1. The van der Waals surface area contributed by atoms with Gasteiger partial charge in [-0.05, 0) is 35.8 Å². The number of alkyl halides is 3. The lowest BCUT2D eigenvalue weighted by atomic mass is 10.1. The predicted octanol–water partition coefficient (Wildman–Crippen LogP) is 5.69. The van der Waals surface area contributed by atoms with E-state index in [0.29, 0.717) is 11.3 Å². The second-order valence-corrected chi connectivity index (χ2v) is 6.18. The highest BCUT2D eigenvalue weighted by atomic mass is 32.1. The van der Waals surface area contributed by atoms with Gasteiger partial charge in [-0.2, -0.15) is 17.5 Å². The average Bonchev–Trinajstić information content (AvgIpc) is 3.05. The molecule has 0 aliphatic carbocycles. The summed E-state index contributed by atoms with van der Waals surface area (Å²) in [6, 6.07) is 9.35. The average molecular weight is 401 g/mol. The van der Waals surface area contributed by atoms with Crippen LogP contribution in [-0.2, 0) is 12.8 Å². The lowest BCUT2D eigenvalue weighted by Crippen LogP contribution is -2.09. The molecule has 3 rings (SSSR count). The van der Waals surface area contributed by atoms with Gasteiger partial charge in [-0.1, -0.05) is 18.2 Å². The first-order valence-electron chi connectivity index (χ1n) is 7.58. The van der Waals surface area contributed by atoms with Crippen LogP contribution in [0.1, 0.15) is 10.4 Å². The van der Waals surface area contributed by atoms with Gasteiger partial charge in [0.05, 0.1) is 12.8 Å². The molecule has 0 aliphatic heterocycles. The van der Waals surface area contributed by atoms with Crippen molar-refractivity contribution in [2.45, 2.75) is 12.8 Å². The van der Waals surface area contributed by atoms with Crippen LogP contribution >= 0.6 is 11.5 Å². The van der Waals surface area contributed by atoms with Crippen LogP contribution in [0.3, 0.4) is 0 Å². The molecule has 0 saturated carbocycles. The third-order valence-corrected chi connectivity index (χ3v) is 4.60. The zero-order valence-electron chi connectivity index (χ0n) is 13.8. The summed E-state index contributed by atoms with van der Waals surface area (Å²) in [4.78, 5) is -0.989. The molecule has 1 heterocycles. The number of methoxy groups -OCH3 is 1. The molecular formula is C18H12F5NO2S. The number of hydrogen-bond acceptors (Lipinski definition) is 4. The molecule has 0 unspecified atom stereocenters. The number of halogens is 5. The van der Waals surface area contributed by atoms with Gasteiger partial charge in [0, 0.05) is 11.1 Å². The van der Waals surface area contributed by atoms with Gasteiger partial charge in [0.1, 0.15) is 17.2 Å². The molecule has 9 heteroatoms. The molecule has 142 valence electrons. The number of rotatable bonds is 5. The van der Waals surface area contributed by atoms with Gasteiger partial charge in [0.25, 0.3) is 0 Å². The van der Waals surface area contributed by atoms with Crippen molar-refractivity contribution in [3.63, 3.8) is 0 Å². The Bertz CT molecular complexity index is 935. The smallest absolute Gasteiger partial charge is 0.427 e. The van der Waals surface area contributed by atoms with Crippen LogP contribution in [0, 0.1) is 11.6 Å². The summed E-state index contributed by atoms with van der Waals surface area (Å²) in [5, 5.41) is 0. The topological polar surface area (TPSA) is 31.4 Å². The van der Waals surface area contributed by atoms with E-state index in [4.69, 9.17) is 9.47 Å². The van der Waals surface area contributed by atoms with Crippen LogP contribution in [-0.4, -0.2) is 11.5 Å². The third kappa shape index (κ3) is 4.02. The standard InChI is InChI=1S/C18H12F5NO2S/c1-25-11-5-2-4-10(8-11)15-12(17(27-24-15)18(21,22)23)9-26-16-13(19)6-3-7-14(16)20/h2-8H,9H2,1H3. The van der Waals surface area contributed by atoms with Gasteiger partial charge in [0.15, 0.2) is 17.4 Å². The minimum absolute atomic E-state index is 0.0166. The van der Waals surface area contributed by atoms with E-state index in [9.17, 15) is 22.0 Å². The number of benzene rings is 2. The Balaban J connectivity index is 2.02. The quantitative estimate of drug-likeness (QED) is 0.515. The van der Waals surface area contributed by atoms with Crippen molar-refractivity contribution in [2.75, 3.05) is 7.11 Å². The van der Waals surface area contributed by atoms with Crippen molar-refractivity contribution in [1.82, 2.24) is 4.37 Å². The highest BCUT2D eigenvalue weighted by Gasteiger charge is 2.38. The van der Waals surface area contributed by atoms with Crippen molar-refractivity contribution in [3.05, 3.63) is 64.5 Å². The van der Waals surface area contributed by atoms with Crippen LogP contribution in [0.25, 0.3) is 11.3 Å². The van der Waals surface area contributed by atoms with E-state index in [1.807, 2.05) is 0 Å². The maximum Gasteiger partial charge on any atom is 0.427 e. The zero-order chi connectivity index (χ0) is 19.6. The lowest BCUT2D eigenvalue weighted by Gasteiger charge is -2.12. The van der Waals surface area contributed by atoms with Crippen LogP contribution in [0.2, 0.25) is 0 Å². The number of nitrogens with zero attached hydrogens (tertiary/aromatic N) is 1. The molecule has 0 spiro atoms. The molecule has 3 aromatic rings. The molecule has 2 aromatic carbocycles. The fourth-order valence-electron chi connectivity index (χ4n) is 2.43. The van der Waals surface area contributed by atoms with Crippen molar-refractivity contribution in [1.29, 1.82) is 0 Å². The summed E-state index contributed by atoms with van der Waals surface area (Å²) < 4.78 is 81.5. The van der Waals surface area contributed by atoms with Crippen molar-refractivity contribution in [2.24, 2.45) is 0 Å². The van der Waals surface area contributed by atoms with Gasteiger partial charge in [0.2, 0.25) is 0 Å². The summed E-state index contributed by atoms with van der Waals surface area (Å²) >= 11 is 0.252. The molecule has 3 nitrogen and oxygen atoms in total. The van der Waals surface area contributed by atoms with E-state index in [1.54, 1.807) is 18.2 Å². The summed E-state index contributed by atoms with van der Waals surface area (Å²) in [5.41, 5.74) is 0.0834. The molecule has 27 heavy (non-hydrogen) atoms. The first-order valence-corrected chi connectivity index (χ1v) is 8.35. The number of ether oxygens (including phenoxy) is 2. The molecule has 0 amide bonds. The summed E-state index contributed by atoms with van der Waals surface area (Å²) in [6.07, 6.45) is -4.68. The Morgan fingerprint density at radius 1 is 1.04 bits per heavy atom. The zero-order valence-corrected chi connectivity index (χ0v) is 14.6. The Hall–Kier alpha value is -2.68. The molecule has 0 bridgehead atoms. The highest BCUT2D eigenvalue weighted by Crippen LogP contribution is 2.40. The van der Waals surface area contributed by atoms with Gasteiger partial charge in [-0.3, -0.25) is 0 Å². The van der Waals surface area contributed by atoms with Crippen molar-refractivity contribution in [3.8, 4) is 22.8 Å². The lowest BCUT2D eigenvalue weighted by molar-refractivity contribution is -0.135. The SMILES string of the molecule is COc1cccc(-c2nsc(C(F)(F)F)c2COc2c(F)cccc2F)c1. The van der Waals surface area contributed by atoms with Gasteiger partial charge in [-0.25, -0.2) is 8.78 Å². The second-order valence-electron chi connectivity index (χ2n) is 5.41.